The Labute approximate surface area is 221 Å². The van der Waals surface area contributed by atoms with Gasteiger partial charge in [-0.2, -0.15) is 0 Å². The Hall–Kier alpha value is -3.18. The summed E-state index contributed by atoms with van der Waals surface area (Å²) in [5.41, 5.74) is 1.63. The number of hydrogen-bond donors (Lipinski definition) is 2. The molecule has 194 valence electrons. The third-order valence-electron chi connectivity index (χ3n) is 7.17. The van der Waals surface area contributed by atoms with E-state index in [1.165, 1.54) is 18.3 Å². The zero-order valence-electron chi connectivity index (χ0n) is 20.7. The summed E-state index contributed by atoms with van der Waals surface area (Å²) in [6, 6.07) is 11.5. The van der Waals surface area contributed by atoms with E-state index in [1.807, 2.05) is 12.1 Å². The van der Waals surface area contributed by atoms with Gasteiger partial charge in [0.15, 0.2) is 0 Å². The van der Waals surface area contributed by atoms with Gasteiger partial charge in [-0.15, -0.1) is 0 Å². The molecular formula is C29H30ClFN2O4. The molecule has 2 N–H and O–H groups in total. The van der Waals surface area contributed by atoms with Crippen LogP contribution in [0, 0.1) is 23.1 Å². The first-order valence-electron chi connectivity index (χ1n) is 12.3. The summed E-state index contributed by atoms with van der Waals surface area (Å²) in [4.78, 5) is 18.3. The maximum atomic E-state index is 13.1. The quantitative estimate of drug-likeness (QED) is 0.381. The van der Waals surface area contributed by atoms with Crippen molar-refractivity contribution in [3.63, 3.8) is 0 Å². The standard InChI is InChI=1S/C29H30ClFN2O4/c1-37-22-8-9-25-23(17-22)28(24(30)19-32-25)26(34)10-11-29(18-27(35)36)12-15-33(16-13-29)14-2-3-20-4-6-21(31)7-5-20/h4-9,17,19,26,34H,10-16,18H2,1H3,(H,35,36)/t26-/m0/s1. The van der Waals surface area contributed by atoms with Gasteiger partial charge >= 0.3 is 5.97 Å². The molecule has 0 spiro atoms. The minimum absolute atomic E-state index is 0.0491. The van der Waals surface area contributed by atoms with Gasteiger partial charge in [0, 0.05) is 22.7 Å². The largest absolute Gasteiger partial charge is 0.497 e. The Morgan fingerprint density at radius 3 is 2.65 bits per heavy atom. The van der Waals surface area contributed by atoms with Gasteiger partial charge in [0.05, 0.1) is 36.7 Å². The van der Waals surface area contributed by atoms with Crippen LogP contribution in [0.15, 0.2) is 48.7 Å². The SMILES string of the molecule is COc1ccc2ncc(Cl)c([C@@H](O)CCC3(CC(=O)O)CCN(CC#Cc4ccc(F)cc4)CC3)c2c1. The number of hydrogen-bond acceptors (Lipinski definition) is 5. The van der Waals surface area contributed by atoms with Gasteiger partial charge in [-0.05, 0) is 86.7 Å². The van der Waals surface area contributed by atoms with Crippen LogP contribution >= 0.6 is 11.6 Å². The molecule has 1 aliphatic rings. The second-order valence-corrected chi connectivity index (χ2v) is 10.0. The van der Waals surface area contributed by atoms with Crippen LogP contribution in [0.2, 0.25) is 5.02 Å². The summed E-state index contributed by atoms with van der Waals surface area (Å²) in [6.07, 6.45) is 3.05. The summed E-state index contributed by atoms with van der Waals surface area (Å²) in [5.74, 6) is 5.69. The average Bonchev–Trinajstić information content (AvgIpc) is 2.89. The Kier molecular flexibility index (Phi) is 8.65. The van der Waals surface area contributed by atoms with Gasteiger partial charge in [-0.3, -0.25) is 14.7 Å². The lowest BCUT2D eigenvalue weighted by molar-refractivity contribution is -0.141. The highest BCUT2D eigenvalue weighted by atomic mass is 35.5. The third-order valence-corrected chi connectivity index (χ3v) is 7.47. The second-order valence-electron chi connectivity index (χ2n) is 9.61. The molecule has 1 aliphatic heterocycles. The zero-order valence-corrected chi connectivity index (χ0v) is 21.5. The summed E-state index contributed by atoms with van der Waals surface area (Å²) >= 11 is 6.46. The number of ether oxygens (including phenoxy) is 1. The Morgan fingerprint density at radius 1 is 1.24 bits per heavy atom. The van der Waals surface area contributed by atoms with Gasteiger partial charge in [-0.25, -0.2) is 4.39 Å². The monoisotopic (exact) mass is 524 g/mol. The lowest BCUT2D eigenvalue weighted by Crippen LogP contribution is -2.41. The van der Waals surface area contributed by atoms with Gasteiger partial charge in [0.25, 0.3) is 0 Å². The van der Waals surface area contributed by atoms with Gasteiger partial charge in [0.1, 0.15) is 11.6 Å². The molecule has 1 fully saturated rings. The number of fused-ring (bicyclic) bond motifs is 1. The lowest BCUT2D eigenvalue weighted by atomic mass is 9.71. The number of aliphatic hydroxyl groups excluding tert-OH is 1. The number of pyridine rings is 1. The normalized spacial score (nSPS) is 16.1. The van der Waals surface area contributed by atoms with Crippen molar-refractivity contribution < 1.29 is 24.1 Å². The van der Waals surface area contributed by atoms with E-state index in [4.69, 9.17) is 16.3 Å². The number of aliphatic carboxylic acids is 1. The summed E-state index contributed by atoms with van der Waals surface area (Å²) in [5, 5.41) is 21.9. The molecule has 0 bridgehead atoms. The summed E-state index contributed by atoms with van der Waals surface area (Å²) in [7, 11) is 1.58. The van der Waals surface area contributed by atoms with Crippen molar-refractivity contribution in [1.82, 2.24) is 9.88 Å². The molecule has 0 radical (unpaired) electrons. The molecule has 8 heteroatoms. The van der Waals surface area contributed by atoms with Crippen LogP contribution < -0.4 is 4.74 Å². The molecule has 2 aromatic carbocycles. The fraction of sp³-hybridized carbons (Fsp3) is 0.379. The van der Waals surface area contributed by atoms with Crippen LogP contribution in [0.1, 0.15) is 49.3 Å². The number of nitrogens with zero attached hydrogens (tertiary/aromatic N) is 2. The van der Waals surface area contributed by atoms with Gasteiger partial charge < -0.3 is 14.9 Å². The van der Waals surface area contributed by atoms with Crippen molar-refractivity contribution in [2.24, 2.45) is 5.41 Å². The molecule has 0 aliphatic carbocycles. The number of likely N-dealkylation sites (tertiary alicyclic amines) is 1. The zero-order chi connectivity index (χ0) is 26.4. The number of benzene rings is 2. The third kappa shape index (κ3) is 6.78. The Morgan fingerprint density at radius 2 is 1.97 bits per heavy atom. The number of carbonyl (C=O) groups is 1. The number of rotatable bonds is 8. The van der Waals surface area contributed by atoms with Crippen LogP contribution in [0.4, 0.5) is 4.39 Å². The number of aliphatic hydroxyl groups is 1. The van der Waals surface area contributed by atoms with Crippen molar-refractivity contribution in [2.45, 2.75) is 38.2 Å². The predicted molar refractivity (Wildman–Crippen MR) is 141 cm³/mol. The average molecular weight is 525 g/mol. The highest BCUT2D eigenvalue weighted by Gasteiger charge is 2.37. The molecule has 0 unspecified atom stereocenters. The van der Waals surface area contributed by atoms with E-state index < -0.39 is 17.5 Å². The molecule has 1 aromatic heterocycles. The number of methoxy groups -OCH3 is 1. The van der Waals surface area contributed by atoms with E-state index >= 15 is 0 Å². The fourth-order valence-electron chi connectivity index (χ4n) is 5.03. The number of halogens is 2. The molecule has 0 amide bonds. The Bertz CT molecular complexity index is 1310. The molecule has 3 aromatic rings. The molecule has 2 heterocycles. The highest BCUT2D eigenvalue weighted by molar-refractivity contribution is 6.32. The van der Waals surface area contributed by atoms with Crippen molar-refractivity contribution >= 4 is 28.5 Å². The molecule has 6 nitrogen and oxygen atoms in total. The number of piperidine rings is 1. The summed E-state index contributed by atoms with van der Waals surface area (Å²) in [6.45, 7) is 2.00. The van der Waals surface area contributed by atoms with E-state index in [0.29, 0.717) is 54.1 Å². The topological polar surface area (TPSA) is 82.9 Å². The van der Waals surface area contributed by atoms with Crippen molar-refractivity contribution in [2.75, 3.05) is 26.7 Å². The maximum absolute atomic E-state index is 13.1. The van der Waals surface area contributed by atoms with Crippen molar-refractivity contribution in [3.05, 3.63) is 70.6 Å². The first kappa shape index (κ1) is 26.9. The van der Waals surface area contributed by atoms with Gasteiger partial charge in [-0.1, -0.05) is 23.4 Å². The van der Waals surface area contributed by atoms with E-state index in [0.717, 1.165) is 24.0 Å². The van der Waals surface area contributed by atoms with Crippen LogP contribution in [-0.4, -0.2) is 52.8 Å². The molecule has 4 rings (SSSR count). The minimum Gasteiger partial charge on any atom is -0.497 e. The molecule has 37 heavy (non-hydrogen) atoms. The first-order valence-corrected chi connectivity index (χ1v) is 12.7. The fourth-order valence-corrected chi connectivity index (χ4v) is 5.31. The Balaban J connectivity index is 1.42. The smallest absolute Gasteiger partial charge is 0.303 e. The number of aromatic nitrogens is 1. The predicted octanol–water partition coefficient (Wildman–Crippen LogP) is 5.46. The first-order chi connectivity index (χ1) is 17.8. The molecule has 1 saturated heterocycles. The number of carboxylic acids is 1. The summed E-state index contributed by atoms with van der Waals surface area (Å²) < 4.78 is 18.4. The van der Waals surface area contributed by atoms with Crippen LogP contribution in [-0.2, 0) is 4.79 Å². The van der Waals surface area contributed by atoms with Crippen molar-refractivity contribution in [1.29, 1.82) is 0 Å². The van der Waals surface area contributed by atoms with Crippen LogP contribution in [0.25, 0.3) is 10.9 Å². The molecule has 1 atom stereocenters. The lowest BCUT2D eigenvalue weighted by Gasteiger charge is -2.41. The molecular weight excluding hydrogens is 495 g/mol. The van der Waals surface area contributed by atoms with E-state index in [9.17, 15) is 19.4 Å². The number of carboxylic acid groups (broad SMARTS) is 1. The van der Waals surface area contributed by atoms with E-state index in [2.05, 4.69) is 21.7 Å². The van der Waals surface area contributed by atoms with Crippen LogP contribution in [0.5, 0.6) is 5.75 Å². The second kappa shape index (κ2) is 11.9. The van der Waals surface area contributed by atoms with Crippen molar-refractivity contribution in [3.8, 4) is 17.6 Å². The van der Waals surface area contributed by atoms with Gasteiger partial charge in [0.2, 0.25) is 0 Å². The highest BCUT2D eigenvalue weighted by Crippen LogP contribution is 2.43. The van der Waals surface area contributed by atoms with E-state index in [1.54, 1.807) is 25.3 Å². The maximum Gasteiger partial charge on any atom is 0.303 e. The van der Waals surface area contributed by atoms with Crippen LogP contribution in [0.3, 0.4) is 0 Å². The molecule has 0 saturated carbocycles. The van der Waals surface area contributed by atoms with E-state index in [-0.39, 0.29) is 12.2 Å². The minimum atomic E-state index is -0.865.